The number of benzene rings is 1. The SMILES string of the molecule is Cc1nn(-c2ccccc2)c2nc(C3CC3)cc(C(=O)NC3C[C@H]4CC[C@H](C3)N4C)c12. The highest BCUT2D eigenvalue weighted by Gasteiger charge is 2.39. The Hall–Kier alpha value is -2.73. The van der Waals surface area contributed by atoms with E-state index in [4.69, 9.17) is 10.1 Å². The number of aromatic nitrogens is 3. The third kappa shape index (κ3) is 3.24. The van der Waals surface area contributed by atoms with Crippen LogP contribution in [-0.2, 0) is 0 Å². The Labute approximate surface area is 182 Å². The molecular formula is C25H29N5O. The molecule has 3 aromatic rings. The Morgan fingerprint density at radius 1 is 1.06 bits per heavy atom. The van der Waals surface area contributed by atoms with E-state index in [1.165, 1.54) is 12.8 Å². The summed E-state index contributed by atoms with van der Waals surface area (Å²) in [5, 5.41) is 9.04. The van der Waals surface area contributed by atoms with Gasteiger partial charge in [-0.25, -0.2) is 9.67 Å². The lowest BCUT2D eigenvalue weighted by molar-refractivity contribution is 0.0884. The number of fused-ring (bicyclic) bond motifs is 3. The predicted molar refractivity (Wildman–Crippen MR) is 121 cm³/mol. The van der Waals surface area contributed by atoms with Crippen LogP contribution < -0.4 is 5.32 Å². The summed E-state index contributed by atoms with van der Waals surface area (Å²) in [5.41, 5.74) is 4.37. The zero-order chi connectivity index (χ0) is 21.1. The van der Waals surface area contributed by atoms with Gasteiger partial charge in [0.05, 0.1) is 22.3 Å². The van der Waals surface area contributed by atoms with Crippen LogP contribution in [0.1, 0.15) is 66.2 Å². The number of carbonyl (C=O) groups is 1. The number of aryl methyl sites for hydroxylation is 1. The molecule has 2 saturated heterocycles. The second-order valence-electron chi connectivity index (χ2n) is 9.59. The van der Waals surface area contributed by atoms with Crippen molar-refractivity contribution in [1.82, 2.24) is 25.0 Å². The van der Waals surface area contributed by atoms with Crippen LogP contribution in [-0.4, -0.2) is 50.7 Å². The number of piperidine rings is 1. The van der Waals surface area contributed by atoms with E-state index in [1.807, 2.05) is 48.0 Å². The summed E-state index contributed by atoms with van der Waals surface area (Å²) in [4.78, 5) is 21.0. The first kappa shape index (κ1) is 19.0. The Morgan fingerprint density at radius 3 is 2.45 bits per heavy atom. The maximum atomic E-state index is 13.5. The molecule has 2 aliphatic heterocycles. The first-order valence-electron chi connectivity index (χ1n) is 11.6. The van der Waals surface area contributed by atoms with Crippen molar-refractivity contribution in [3.05, 3.63) is 53.3 Å². The van der Waals surface area contributed by atoms with Gasteiger partial charge in [0, 0.05) is 29.7 Å². The van der Waals surface area contributed by atoms with E-state index < -0.39 is 0 Å². The molecule has 0 spiro atoms. The Kier molecular flexibility index (Phi) is 4.39. The van der Waals surface area contributed by atoms with Crippen molar-refractivity contribution in [3.63, 3.8) is 0 Å². The van der Waals surface area contributed by atoms with Crippen LogP contribution in [0.2, 0.25) is 0 Å². The minimum Gasteiger partial charge on any atom is -0.349 e. The number of rotatable bonds is 4. The number of nitrogens with zero attached hydrogens (tertiary/aromatic N) is 4. The molecule has 4 heterocycles. The molecule has 0 unspecified atom stereocenters. The number of nitrogens with one attached hydrogen (secondary N) is 1. The largest absolute Gasteiger partial charge is 0.349 e. The summed E-state index contributed by atoms with van der Waals surface area (Å²) < 4.78 is 1.89. The van der Waals surface area contributed by atoms with Crippen LogP contribution in [0, 0.1) is 6.92 Å². The van der Waals surface area contributed by atoms with Gasteiger partial charge < -0.3 is 10.2 Å². The van der Waals surface area contributed by atoms with Crippen LogP contribution in [0.3, 0.4) is 0 Å². The zero-order valence-electron chi connectivity index (χ0n) is 18.2. The fourth-order valence-corrected chi connectivity index (χ4v) is 5.62. The summed E-state index contributed by atoms with van der Waals surface area (Å²) >= 11 is 0. The molecule has 1 aromatic carbocycles. The summed E-state index contributed by atoms with van der Waals surface area (Å²) in [5.74, 6) is 0.494. The smallest absolute Gasteiger partial charge is 0.252 e. The van der Waals surface area contributed by atoms with Gasteiger partial charge in [-0.3, -0.25) is 4.79 Å². The normalized spacial score (nSPS) is 25.8. The second-order valence-corrected chi connectivity index (χ2v) is 9.59. The van der Waals surface area contributed by atoms with Crippen molar-refractivity contribution in [2.24, 2.45) is 0 Å². The molecule has 0 radical (unpaired) electrons. The molecule has 3 aliphatic rings. The van der Waals surface area contributed by atoms with Gasteiger partial charge in [0.25, 0.3) is 5.91 Å². The highest BCUT2D eigenvalue weighted by Crippen LogP contribution is 2.41. The molecule has 2 atom stereocenters. The van der Waals surface area contributed by atoms with Gasteiger partial charge in [-0.2, -0.15) is 5.10 Å². The number of hydrogen-bond donors (Lipinski definition) is 1. The van der Waals surface area contributed by atoms with Crippen LogP contribution in [0.15, 0.2) is 36.4 Å². The predicted octanol–water partition coefficient (Wildman–Crippen LogP) is 3.96. The van der Waals surface area contributed by atoms with E-state index in [0.717, 1.165) is 59.4 Å². The number of hydrogen-bond acceptors (Lipinski definition) is 4. The summed E-state index contributed by atoms with van der Waals surface area (Å²) in [6.45, 7) is 1.98. The molecule has 6 nitrogen and oxygen atoms in total. The van der Waals surface area contributed by atoms with Crippen LogP contribution >= 0.6 is 0 Å². The molecule has 6 heteroatoms. The lowest BCUT2D eigenvalue weighted by atomic mass is 9.97. The van der Waals surface area contributed by atoms with E-state index >= 15 is 0 Å². The second kappa shape index (κ2) is 7.16. The molecule has 1 N–H and O–H groups in total. The summed E-state index contributed by atoms with van der Waals surface area (Å²) in [7, 11) is 2.23. The minimum absolute atomic E-state index is 0.0268. The molecule has 2 aromatic heterocycles. The van der Waals surface area contributed by atoms with E-state index in [-0.39, 0.29) is 11.9 Å². The summed E-state index contributed by atoms with van der Waals surface area (Å²) in [6.07, 6.45) is 6.89. The van der Waals surface area contributed by atoms with Crippen molar-refractivity contribution in [1.29, 1.82) is 0 Å². The fourth-order valence-electron chi connectivity index (χ4n) is 5.62. The van der Waals surface area contributed by atoms with Crippen LogP contribution in [0.5, 0.6) is 0 Å². The van der Waals surface area contributed by atoms with E-state index in [2.05, 4.69) is 17.3 Å². The third-order valence-corrected chi connectivity index (χ3v) is 7.51. The van der Waals surface area contributed by atoms with Crippen molar-refractivity contribution in [3.8, 4) is 5.69 Å². The van der Waals surface area contributed by atoms with Crippen molar-refractivity contribution in [2.45, 2.75) is 69.5 Å². The monoisotopic (exact) mass is 415 g/mol. The van der Waals surface area contributed by atoms with Crippen molar-refractivity contribution in [2.75, 3.05) is 7.05 Å². The van der Waals surface area contributed by atoms with Gasteiger partial charge in [-0.1, -0.05) is 18.2 Å². The first-order valence-corrected chi connectivity index (χ1v) is 11.6. The van der Waals surface area contributed by atoms with Gasteiger partial charge in [-0.15, -0.1) is 0 Å². The molecule has 31 heavy (non-hydrogen) atoms. The van der Waals surface area contributed by atoms with Crippen LogP contribution in [0.25, 0.3) is 16.7 Å². The molecule has 6 rings (SSSR count). The van der Waals surface area contributed by atoms with Gasteiger partial charge in [-0.05, 0) is 70.7 Å². The molecule has 1 saturated carbocycles. The number of amides is 1. The average molecular weight is 416 g/mol. The molecule has 3 fully saturated rings. The van der Waals surface area contributed by atoms with Gasteiger partial charge >= 0.3 is 0 Å². The zero-order valence-corrected chi connectivity index (χ0v) is 18.2. The topological polar surface area (TPSA) is 63.1 Å². The van der Waals surface area contributed by atoms with Crippen molar-refractivity contribution >= 4 is 16.9 Å². The minimum atomic E-state index is 0.0268. The first-order chi connectivity index (χ1) is 15.1. The number of pyridine rings is 1. The van der Waals surface area contributed by atoms with Gasteiger partial charge in [0.15, 0.2) is 5.65 Å². The lowest BCUT2D eigenvalue weighted by Crippen LogP contribution is -2.48. The Balaban J connectivity index is 1.39. The standard InChI is InChI=1S/C25H29N5O/c1-15-23-21(25(31)26-17-12-19-10-11-20(13-17)29(19)2)14-22(16-8-9-16)27-24(23)30(28-15)18-6-4-3-5-7-18/h3-7,14,16-17,19-20H,8-13H2,1-2H3,(H,26,31)/t19-,20-/m1/s1. The van der Waals surface area contributed by atoms with Gasteiger partial charge in [0.1, 0.15) is 0 Å². The Bertz CT molecular complexity index is 1140. The molecule has 2 bridgehead atoms. The van der Waals surface area contributed by atoms with Gasteiger partial charge in [0.2, 0.25) is 0 Å². The summed E-state index contributed by atoms with van der Waals surface area (Å²) in [6, 6.07) is 13.6. The molecule has 1 amide bonds. The maximum Gasteiger partial charge on any atom is 0.252 e. The lowest BCUT2D eigenvalue weighted by Gasteiger charge is -2.36. The van der Waals surface area contributed by atoms with Crippen LogP contribution in [0.4, 0.5) is 0 Å². The molecule has 160 valence electrons. The highest BCUT2D eigenvalue weighted by molar-refractivity contribution is 6.07. The Morgan fingerprint density at radius 2 is 1.77 bits per heavy atom. The van der Waals surface area contributed by atoms with Crippen molar-refractivity contribution < 1.29 is 4.79 Å². The third-order valence-electron chi connectivity index (χ3n) is 7.51. The fraction of sp³-hybridized carbons (Fsp3) is 0.480. The highest BCUT2D eigenvalue weighted by atomic mass is 16.1. The van der Waals surface area contributed by atoms with E-state index in [9.17, 15) is 4.79 Å². The number of para-hydroxylation sites is 1. The maximum absolute atomic E-state index is 13.5. The van der Waals surface area contributed by atoms with E-state index in [1.54, 1.807) is 0 Å². The molecule has 1 aliphatic carbocycles. The number of carbonyl (C=O) groups excluding carboxylic acids is 1. The molecular weight excluding hydrogens is 386 g/mol. The quantitative estimate of drug-likeness (QED) is 0.701. The van der Waals surface area contributed by atoms with E-state index in [0.29, 0.717) is 18.0 Å². The average Bonchev–Trinajstić information content (AvgIpc) is 3.55.